The fourth-order valence-corrected chi connectivity index (χ4v) is 3.57. The molecule has 0 heterocycles. The SMILES string of the molecule is COCCOc1ccc(NC(=O)CCNS(=O)(=O)c2ccc(OC)c(OC)c2)cc1F. The van der Waals surface area contributed by atoms with Crippen LogP contribution in [0.5, 0.6) is 17.2 Å². The molecule has 1 amide bonds. The molecule has 0 aromatic heterocycles. The minimum Gasteiger partial charge on any atom is -0.493 e. The molecule has 0 aliphatic heterocycles. The van der Waals surface area contributed by atoms with Crippen molar-refractivity contribution in [2.75, 3.05) is 46.4 Å². The first kappa shape index (κ1) is 24.4. The van der Waals surface area contributed by atoms with Gasteiger partial charge < -0.3 is 24.3 Å². The third-order valence-electron chi connectivity index (χ3n) is 4.07. The van der Waals surface area contributed by atoms with Crippen LogP contribution in [0.4, 0.5) is 10.1 Å². The quantitative estimate of drug-likeness (QED) is 0.471. The lowest BCUT2D eigenvalue weighted by atomic mass is 10.2. The Morgan fingerprint density at radius 3 is 2.32 bits per heavy atom. The molecular weight excluding hydrogens is 431 g/mol. The van der Waals surface area contributed by atoms with Crippen molar-refractivity contribution in [2.24, 2.45) is 0 Å². The van der Waals surface area contributed by atoms with E-state index >= 15 is 0 Å². The third kappa shape index (κ3) is 7.09. The van der Waals surface area contributed by atoms with Crippen molar-refractivity contribution >= 4 is 21.6 Å². The summed E-state index contributed by atoms with van der Waals surface area (Å²) in [6.07, 6.45) is -0.153. The van der Waals surface area contributed by atoms with Gasteiger partial charge in [0.25, 0.3) is 0 Å². The maximum Gasteiger partial charge on any atom is 0.240 e. The Bertz CT molecular complexity index is 999. The van der Waals surface area contributed by atoms with E-state index in [9.17, 15) is 17.6 Å². The Morgan fingerprint density at radius 1 is 0.968 bits per heavy atom. The zero-order valence-corrected chi connectivity index (χ0v) is 18.3. The molecule has 9 nitrogen and oxygen atoms in total. The summed E-state index contributed by atoms with van der Waals surface area (Å²) in [7, 11) is 0.481. The zero-order valence-electron chi connectivity index (χ0n) is 17.4. The maximum atomic E-state index is 14.0. The van der Waals surface area contributed by atoms with Crippen LogP contribution in [0.2, 0.25) is 0 Å². The number of rotatable bonds is 12. The molecule has 170 valence electrons. The number of carbonyl (C=O) groups excluding carboxylic acids is 1. The van der Waals surface area contributed by atoms with Gasteiger partial charge in [0.15, 0.2) is 23.1 Å². The highest BCUT2D eigenvalue weighted by Crippen LogP contribution is 2.29. The number of methoxy groups -OCH3 is 3. The molecule has 11 heteroatoms. The number of carbonyl (C=O) groups is 1. The Balaban J connectivity index is 1.89. The smallest absolute Gasteiger partial charge is 0.240 e. The Kier molecular flexibility index (Phi) is 9.03. The van der Waals surface area contributed by atoms with Crippen LogP contribution in [0.25, 0.3) is 0 Å². The van der Waals surface area contributed by atoms with E-state index in [-0.39, 0.29) is 41.7 Å². The molecular formula is C20H25FN2O7S. The second-order valence-electron chi connectivity index (χ2n) is 6.20. The first-order valence-electron chi connectivity index (χ1n) is 9.23. The number of hydrogen-bond acceptors (Lipinski definition) is 7. The van der Waals surface area contributed by atoms with E-state index < -0.39 is 21.7 Å². The molecule has 0 saturated carbocycles. The van der Waals surface area contributed by atoms with Crippen LogP contribution >= 0.6 is 0 Å². The Labute approximate surface area is 180 Å². The lowest BCUT2D eigenvalue weighted by Gasteiger charge is -2.11. The fraction of sp³-hybridized carbons (Fsp3) is 0.350. The molecule has 0 unspecified atom stereocenters. The zero-order chi connectivity index (χ0) is 22.9. The molecule has 2 N–H and O–H groups in total. The summed E-state index contributed by atoms with van der Waals surface area (Å²) in [6.45, 7) is 0.361. The second-order valence-corrected chi connectivity index (χ2v) is 7.97. The molecule has 0 saturated heterocycles. The monoisotopic (exact) mass is 456 g/mol. The molecule has 0 bridgehead atoms. The van der Waals surface area contributed by atoms with Crippen molar-refractivity contribution < 1.29 is 36.6 Å². The molecule has 2 rings (SSSR count). The van der Waals surface area contributed by atoms with Gasteiger partial charge in [-0.1, -0.05) is 0 Å². The van der Waals surface area contributed by atoms with Crippen LogP contribution in [0.15, 0.2) is 41.3 Å². The maximum absolute atomic E-state index is 14.0. The van der Waals surface area contributed by atoms with Gasteiger partial charge in [-0.25, -0.2) is 17.5 Å². The summed E-state index contributed by atoms with van der Waals surface area (Å²) < 4.78 is 61.4. The van der Waals surface area contributed by atoms with Crippen LogP contribution < -0.4 is 24.2 Å². The summed E-state index contributed by atoms with van der Waals surface area (Å²) in [6, 6.07) is 8.14. The highest BCUT2D eigenvalue weighted by atomic mass is 32.2. The predicted molar refractivity (Wildman–Crippen MR) is 112 cm³/mol. The molecule has 0 fully saturated rings. The molecule has 2 aromatic carbocycles. The van der Waals surface area contributed by atoms with Crippen molar-refractivity contribution in [3.8, 4) is 17.2 Å². The van der Waals surface area contributed by atoms with Crippen molar-refractivity contribution in [2.45, 2.75) is 11.3 Å². The van der Waals surface area contributed by atoms with Crippen molar-refractivity contribution in [3.05, 3.63) is 42.2 Å². The van der Waals surface area contributed by atoms with E-state index in [4.69, 9.17) is 18.9 Å². The average molecular weight is 456 g/mol. The van der Waals surface area contributed by atoms with Crippen LogP contribution in [0.3, 0.4) is 0 Å². The second kappa shape index (κ2) is 11.5. The van der Waals surface area contributed by atoms with E-state index in [1.807, 2.05) is 0 Å². The van der Waals surface area contributed by atoms with E-state index in [1.54, 1.807) is 0 Å². The first-order chi connectivity index (χ1) is 14.8. The molecule has 2 aromatic rings. The number of hydrogen-bond donors (Lipinski definition) is 2. The number of halogens is 1. The molecule has 0 radical (unpaired) electrons. The topological polar surface area (TPSA) is 112 Å². The van der Waals surface area contributed by atoms with Crippen molar-refractivity contribution in [1.29, 1.82) is 0 Å². The van der Waals surface area contributed by atoms with Gasteiger partial charge in [0, 0.05) is 37.9 Å². The minimum atomic E-state index is -3.86. The molecule has 0 atom stereocenters. The van der Waals surface area contributed by atoms with Crippen molar-refractivity contribution in [1.82, 2.24) is 4.72 Å². The fourth-order valence-electron chi connectivity index (χ4n) is 2.52. The van der Waals surface area contributed by atoms with Crippen molar-refractivity contribution in [3.63, 3.8) is 0 Å². The summed E-state index contributed by atoms with van der Waals surface area (Å²) in [5, 5.41) is 2.51. The standard InChI is InChI=1S/C20H25FN2O7S/c1-27-10-11-30-17-6-4-14(12-16(17)21)23-20(24)8-9-22-31(25,26)15-5-7-18(28-2)19(13-15)29-3/h4-7,12-13,22H,8-11H2,1-3H3,(H,23,24). The van der Waals surface area contributed by atoms with Gasteiger partial charge in [-0.2, -0.15) is 0 Å². The van der Waals surface area contributed by atoms with Gasteiger partial charge in [-0.15, -0.1) is 0 Å². The summed E-state index contributed by atoms with van der Waals surface area (Å²) in [5.74, 6) is -0.425. The lowest BCUT2D eigenvalue weighted by molar-refractivity contribution is -0.116. The van der Waals surface area contributed by atoms with E-state index in [2.05, 4.69) is 10.0 Å². The largest absolute Gasteiger partial charge is 0.493 e. The summed E-state index contributed by atoms with van der Waals surface area (Å²) in [5.41, 5.74) is 0.226. The van der Waals surface area contributed by atoms with Gasteiger partial charge in [-0.3, -0.25) is 4.79 Å². The number of nitrogens with one attached hydrogen (secondary N) is 2. The lowest BCUT2D eigenvalue weighted by Crippen LogP contribution is -2.28. The van der Waals surface area contributed by atoms with E-state index in [0.29, 0.717) is 12.4 Å². The first-order valence-corrected chi connectivity index (χ1v) is 10.7. The van der Waals surface area contributed by atoms with Gasteiger partial charge in [0.2, 0.25) is 15.9 Å². The van der Waals surface area contributed by atoms with E-state index in [0.717, 1.165) is 6.07 Å². The summed E-state index contributed by atoms with van der Waals surface area (Å²) >= 11 is 0. The summed E-state index contributed by atoms with van der Waals surface area (Å²) in [4.78, 5) is 12.0. The number of anilines is 1. The van der Waals surface area contributed by atoms with Crippen LogP contribution in [-0.2, 0) is 19.6 Å². The van der Waals surface area contributed by atoms with Gasteiger partial charge in [-0.05, 0) is 24.3 Å². The highest BCUT2D eigenvalue weighted by molar-refractivity contribution is 7.89. The molecule has 0 aliphatic rings. The number of benzene rings is 2. The van der Waals surface area contributed by atoms with Crippen LogP contribution in [0.1, 0.15) is 6.42 Å². The molecule has 0 spiro atoms. The minimum absolute atomic E-state index is 0.0308. The molecule has 31 heavy (non-hydrogen) atoms. The van der Waals surface area contributed by atoms with Crippen LogP contribution in [-0.4, -0.2) is 55.4 Å². The highest BCUT2D eigenvalue weighted by Gasteiger charge is 2.17. The third-order valence-corrected chi connectivity index (χ3v) is 5.53. The number of amides is 1. The molecule has 0 aliphatic carbocycles. The Hall–Kier alpha value is -2.89. The van der Waals surface area contributed by atoms with Gasteiger partial charge in [0.05, 0.1) is 25.7 Å². The van der Waals surface area contributed by atoms with Crippen LogP contribution in [0, 0.1) is 5.82 Å². The predicted octanol–water partition coefficient (Wildman–Crippen LogP) is 2.18. The average Bonchev–Trinajstić information content (AvgIpc) is 2.74. The van der Waals surface area contributed by atoms with E-state index in [1.165, 1.54) is 51.7 Å². The number of sulfonamides is 1. The Morgan fingerprint density at radius 2 is 1.68 bits per heavy atom. The van der Waals surface area contributed by atoms with Gasteiger partial charge >= 0.3 is 0 Å². The normalized spacial score (nSPS) is 11.1. The number of ether oxygens (including phenoxy) is 4. The van der Waals surface area contributed by atoms with Gasteiger partial charge in [0.1, 0.15) is 6.61 Å².